The molecule has 0 unspecified atom stereocenters. The molecule has 41 heavy (non-hydrogen) atoms. The molecule has 214 valence electrons. The Hall–Kier alpha value is -3.83. The fourth-order valence-electron chi connectivity index (χ4n) is 5.53. The molecule has 1 atom stereocenters. The highest BCUT2D eigenvalue weighted by Crippen LogP contribution is 2.27. The molecule has 2 saturated heterocycles. The minimum absolute atomic E-state index is 0.0115. The van der Waals surface area contributed by atoms with Gasteiger partial charge in [0, 0.05) is 48.5 Å². The van der Waals surface area contributed by atoms with E-state index in [1.54, 1.807) is 29.1 Å². The van der Waals surface area contributed by atoms with Crippen LogP contribution >= 0.6 is 11.6 Å². The second kappa shape index (κ2) is 11.2. The van der Waals surface area contributed by atoms with Gasteiger partial charge in [-0.2, -0.15) is 5.10 Å². The average Bonchev–Trinajstić information content (AvgIpc) is 3.46. The minimum Gasteiger partial charge on any atom is -0.477 e. The lowest BCUT2D eigenvalue weighted by Gasteiger charge is -2.32. The van der Waals surface area contributed by atoms with Gasteiger partial charge < -0.3 is 19.3 Å². The Morgan fingerprint density at radius 3 is 2.61 bits per heavy atom. The smallest absolute Gasteiger partial charge is 0.354 e. The number of aromatic nitrogens is 5. The van der Waals surface area contributed by atoms with Gasteiger partial charge in [-0.3, -0.25) is 9.48 Å². The molecular formula is C29H30ClFN6O4. The van der Waals surface area contributed by atoms with Crippen molar-refractivity contribution in [1.82, 2.24) is 29.2 Å². The number of nitrogens with zero attached hydrogens (tertiary/aromatic N) is 6. The first kappa shape index (κ1) is 27.3. The first-order chi connectivity index (χ1) is 19.7. The van der Waals surface area contributed by atoms with E-state index in [9.17, 15) is 19.1 Å². The number of carbonyl (C=O) groups excluding carboxylic acids is 1. The van der Waals surface area contributed by atoms with E-state index < -0.39 is 11.8 Å². The standard InChI is InChI=1S/C29H30ClFN6O4/c1-17-14-36(15-19-2-3-20(30)13-22(19)31)34-26(17)28(38)35-9-6-18(7-10-35)12-25-32-23-4-5-24(29(39)40)33-27(23)37(25)16-21-8-11-41-21/h2-5,13-14,18,21H,6-12,15-16H2,1H3,(H,39,40)/t21-/m0/s1. The number of imidazole rings is 1. The highest BCUT2D eigenvalue weighted by molar-refractivity contribution is 6.30. The van der Waals surface area contributed by atoms with Gasteiger partial charge >= 0.3 is 5.97 Å². The first-order valence-corrected chi connectivity index (χ1v) is 14.1. The van der Waals surface area contributed by atoms with Crippen LogP contribution < -0.4 is 0 Å². The number of aromatic carboxylic acids is 1. The number of carboxylic acids is 1. The summed E-state index contributed by atoms with van der Waals surface area (Å²) in [5, 5.41) is 14.2. The maximum atomic E-state index is 14.3. The Labute approximate surface area is 240 Å². The molecule has 0 radical (unpaired) electrons. The molecule has 1 aromatic carbocycles. The number of hydrogen-bond donors (Lipinski definition) is 1. The van der Waals surface area contributed by atoms with E-state index in [2.05, 4.69) is 10.1 Å². The van der Waals surface area contributed by atoms with Crippen molar-refractivity contribution in [3.8, 4) is 0 Å². The van der Waals surface area contributed by atoms with E-state index in [0.717, 1.165) is 37.3 Å². The van der Waals surface area contributed by atoms with E-state index >= 15 is 0 Å². The maximum Gasteiger partial charge on any atom is 0.354 e. The molecule has 2 aliphatic rings. The zero-order valence-corrected chi connectivity index (χ0v) is 23.3. The highest BCUT2D eigenvalue weighted by Gasteiger charge is 2.29. The van der Waals surface area contributed by atoms with Crippen LogP contribution in [-0.2, 0) is 24.2 Å². The fraction of sp³-hybridized carbons (Fsp3) is 0.414. The molecule has 6 rings (SSSR count). The molecule has 1 amide bonds. The van der Waals surface area contributed by atoms with E-state index in [1.807, 2.05) is 16.4 Å². The lowest BCUT2D eigenvalue weighted by Crippen LogP contribution is -2.39. The summed E-state index contributed by atoms with van der Waals surface area (Å²) >= 11 is 5.86. The number of piperidine rings is 1. The summed E-state index contributed by atoms with van der Waals surface area (Å²) < 4.78 is 23.5. The molecule has 5 heterocycles. The van der Waals surface area contributed by atoms with Crippen LogP contribution in [0.3, 0.4) is 0 Å². The summed E-state index contributed by atoms with van der Waals surface area (Å²) in [4.78, 5) is 35.9. The van der Waals surface area contributed by atoms with Crippen molar-refractivity contribution in [2.45, 2.75) is 51.8 Å². The van der Waals surface area contributed by atoms with E-state index in [1.165, 1.54) is 12.1 Å². The van der Waals surface area contributed by atoms with Gasteiger partial charge in [-0.05, 0) is 56.4 Å². The van der Waals surface area contributed by atoms with Crippen molar-refractivity contribution in [1.29, 1.82) is 0 Å². The number of aryl methyl sites for hydroxylation is 1. The Morgan fingerprint density at radius 1 is 1.15 bits per heavy atom. The molecule has 0 bridgehead atoms. The third-order valence-electron chi connectivity index (χ3n) is 7.94. The van der Waals surface area contributed by atoms with Crippen LogP contribution in [0, 0.1) is 18.7 Å². The van der Waals surface area contributed by atoms with Gasteiger partial charge in [0.2, 0.25) is 0 Å². The van der Waals surface area contributed by atoms with Gasteiger partial charge in [0.25, 0.3) is 5.91 Å². The number of hydrogen-bond acceptors (Lipinski definition) is 6. The van der Waals surface area contributed by atoms with Gasteiger partial charge in [0.05, 0.1) is 19.2 Å². The number of rotatable bonds is 8. The summed E-state index contributed by atoms with van der Waals surface area (Å²) in [6.07, 6.45) is 5.08. The molecule has 0 saturated carbocycles. The Balaban J connectivity index is 1.12. The average molecular weight is 581 g/mol. The third-order valence-corrected chi connectivity index (χ3v) is 8.17. The predicted octanol–water partition coefficient (Wildman–Crippen LogP) is 4.36. The molecule has 2 fully saturated rings. The van der Waals surface area contributed by atoms with Crippen LogP contribution in [0.5, 0.6) is 0 Å². The predicted molar refractivity (Wildman–Crippen MR) is 149 cm³/mol. The van der Waals surface area contributed by atoms with Crippen molar-refractivity contribution in [3.63, 3.8) is 0 Å². The summed E-state index contributed by atoms with van der Waals surface area (Å²) in [5.74, 6) is -0.444. The van der Waals surface area contributed by atoms with E-state index in [-0.39, 0.29) is 24.2 Å². The molecule has 0 aliphatic carbocycles. The third kappa shape index (κ3) is 5.69. The molecule has 10 nitrogen and oxygen atoms in total. The lowest BCUT2D eigenvalue weighted by molar-refractivity contribution is -0.0591. The number of halogens is 2. The number of likely N-dealkylation sites (tertiary alicyclic amines) is 1. The summed E-state index contributed by atoms with van der Waals surface area (Å²) in [6, 6.07) is 7.70. The number of benzene rings is 1. The SMILES string of the molecule is Cc1cn(Cc2ccc(Cl)cc2F)nc1C(=O)N1CCC(Cc2nc3ccc(C(=O)O)nc3n2C[C@@H]2CCO2)CC1. The maximum absolute atomic E-state index is 14.3. The largest absolute Gasteiger partial charge is 0.477 e. The topological polar surface area (TPSA) is 115 Å². The van der Waals surface area contributed by atoms with Crippen LogP contribution in [0.25, 0.3) is 11.2 Å². The quantitative estimate of drug-likeness (QED) is 0.329. The molecule has 3 aromatic heterocycles. The molecule has 2 aliphatic heterocycles. The fourth-order valence-corrected chi connectivity index (χ4v) is 5.69. The van der Waals surface area contributed by atoms with Crippen molar-refractivity contribution < 1.29 is 23.8 Å². The van der Waals surface area contributed by atoms with Crippen LogP contribution in [0.4, 0.5) is 4.39 Å². The molecular weight excluding hydrogens is 551 g/mol. The number of carboxylic acid groups (broad SMARTS) is 1. The Morgan fingerprint density at radius 2 is 1.93 bits per heavy atom. The monoisotopic (exact) mass is 580 g/mol. The zero-order chi connectivity index (χ0) is 28.7. The van der Waals surface area contributed by atoms with Crippen molar-refractivity contribution in [2.24, 2.45) is 5.92 Å². The van der Waals surface area contributed by atoms with Crippen molar-refractivity contribution in [3.05, 3.63) is 75.7 Å². The summed E-state index contributed by atoms with van der Waals surface area (Å²) in [6.45, 7) is 4.53. The number of amides is 1. The Bertz CT molecular complexity index is 1620. The minimum atomic E-state index is -1.07. The molecule has 4 aromatic rings. The number of fused-ring (bicyclic) bond motifs is 1. The second-order valence-corrected chi connectivity index (χ2v) is 11.2. The second-order valence-electron chi connectivity index (χ2n) is 10.8. The molecule has 1 N–H and O–H groups in total. The summed E-state index contributed by atoms with van der Waals surface area (Å²) in [7, 11) is 0. The van der Waals surface area contributed by atoms with E-state index in [0.29, 0.717) is 59.4 Å². The highest BCUT2D eigenvalue weighted by atomic mass is 35.5. The number of carbonyl (C=O) groups is 2. The van der Waals surface area contributed by atoms with Crippen LogP contribution in [0.15, 0.2) is 36.5 Å². The van der Waals surface area contributed by atoms with Crippen molar-refractivity contribution >= 4 is 34.6 Å². The van der Waals surface area contributed by atoms with Gasteiger partial charge in [0.15, 0.2) is 17.0 Å². The van der Waals surface area contributed by atoms with Gasteiger partial charge in [-0.1, -0.05) is 17.7 Å². The van der Waals surface area contributed by atoms with Crippen LogP contribution in [-0.4, -0.2) is 72.0 Å². The molecule has 12 heteroatoms. The van der Waals surface area contributed by atoms with Gasteiger partial charge in [-0.15, -0.1) is 0 Å². The van der Waals surface area contributed by atoms with Crippen LogP contribution in [0.1, 0.15) is 57.2 Å². The normalized spacial score (nSPS) is 17.6. The van der Waals surface area contributed by atoms with Crippen LogP contribution in [0.2, 0.25) is 5.02 Å². The first-order valence-electron chi connectivity index (χ1n) is 13.7. The summed E-state index contributed by atoms with van der Waals surface area (Å²) in [5.41, 5.74) is 2.78. The van der Waals surface area contributed by atoms with Gasteiger partial charge in [-0.25, -0.2) is 19.2 Å². The van der Waals surface area contributed by atoms with Gasteiger partial charge in [0.1, 0.15) is 17.2 Å². The molecule has 0 spiro atoms. The van der Waals surface area contributed by atoms with Crippen molar-refractivity contribution in [2.75, 3.05) is 19.7 Å². The number of pyridine rings is 1. The zero-order valence-electron chi connectivity index (χ0n) is 22.6. The van der Waals surface area contributed by atoms with E-state index in [4.69, 9.17) is 21.3 Å². The lowest BCUT2D eigenvalue weighted by atomic mass is 9.93. The Kier molecular flexibility index (Phi) is 7.48. The number of ether oxygens (including phenoxy) is 1.